The fourth-order valence-corrected chi connectivity index (χ4v) is 4.63. The molecule has 1 aliphatic rings. The van der Waals surface area contributed by atoms with Crippen molar-refractivity contribution in [2.24, 2.45) is 0 Å². The molecule has 1 aliphatic heterocycles. The highest BCUT2D eigenvalue weighted by atomic mass is 35.5. The fraction of sp³-hybridized carbons (Fsp3) is 0.261. The summed E-state index contributed by atoms with van der Waals surface area (Å²) in [5.74, 6) is 1.59. The van der Waals surface area contributed by atoms with Gasteiger partial charge in [0.25, 0.3) is 5.91 Å². The molecular weight excluding hydrogens is 436 g/mol. The largest absolute Gasteiger partial charge is 0.497 e. The Labute approximate surface area is 188 Å². The fourth-order valence-electron chi connectivity index (χ4n) is 3.49. The predicted octanol–water partition coefficient (Wildman–Crippen LogP) is 4.21. The highest BCUT2D eigenvalue weighted by molar-refractivity contribution is 7.84. The summed E-state index contributed by atoms with van der Waals surface area (Å²) in [5.41, 5.74) is 1.10. The Hall–Kier alpha value is -2.77. The first-order valence-corrected chi connectivity index (χ1v) is 11.6. The number of furan rings is 1. The van der Waals surface area contributed by atoms with Gasteiger partial charge in [0.05, 0.1) is 23.7 Å². The van der Waals surface area contributed by atoms with Crippen LogP contribution in [0.4, 0.5) is 5.69 Å². The minimum Gasteiger partial charge on any atom is -0.497 e. The van der Waals surface area contributed by atoms with Crippen molar-refractivity contribution in [1.29, 1.82) is 0 Å². The van der Waals surface area contributed by atoms with E-state index in [4.69, 9.17) is 20.8 Å². The molecule has 6 nitrogen and oxygen atoms in total. The molecule has 1 amide bonds. The van der Waals surface area contributed by atoms with Crippen LogP contribution in [0.25, 0.3) is 0 Å². The molecule has 0 spiro atoms. The smallest absolute Gasteiger partial charge is 0.289 e. The molecule has 1 aromatic heterocycles. The maximum Gasteiger partial charge on any atom is 0.289 e. The summed E-state index contributed by atoms with van der Waals surface area (Å²) in [6.45, 7) is 2.69. The lowest BCUT2D eigenvalue weighted by Crippen LogP contribution is -2.48. The van der Waals surface area contributed by atoms with E-state index in [-0.39, 0.29) is 17.4 Å². The van der Waals surface area contributed by atoms with Gasteiger partial charge in [-0.15, -0.1) is 0 Å². The van der Waals surface area contributed by atoms with Gasteiger partial charge in [-0.05, 0) is 60.7 Å². The normalized spacial score (nSPS) is 15.0. The molecule has 0 saturated carbocycles. The van der Waals surface area contributed by atoms with E-state index < -0.39 is 10.8 Å². The average molecular weight is 459 g/mol. The number of halogens is 1. The lowest BCUT2D eigenvalue weighted by molar-refractivity contribution is 0.0713. The van der Waals surface area contributed by atoms with Gasteiger partial charge in [0.1, 0.15) is 11.5 Å². The van der Waals surface area contributed by atoms with Gasteiger partial charge < -0.3 is 19.0 Å². The van der Waals surface area contributed by atoms with Gasteiger partial charge in [-0.1, -0.05) is 11.6 Å². The Balaban J connectivity index is 1.34. The first-order valence-electron chi connectivity index (χ1n) is 9.94. The van der Waals surface area contributed by atoms with Crippen molar-refractivity contribution in [2.75, 3.05) is 38.2 Å². The van der Waals surface area contributed by atoms with Crippen molar-refractivity contribution in [2.45, 2.75) is 10.6 Å². The van der Waals surface area contributed by atoms with Crippen LogP contribution in [0.3, 0.4) is 0 Å². The van der Waals surface area contributed by atoms with Crippen LogP contribution >= 0.6 is 11.6 Å². The van der Waals surface area contributed by atoms with E-state index in [0.717, 1.165) is 18.8 Å². The lowest BCUT2D eigenvalue weighted by Gasteiger charge is -2.35. The molecule has 2 heterocycles. The van der Waals surface area contributed by atoms with E-state index >= 15 is 0 Å². The molecule has 1 saturated heterocycles. The standard InChI is InChI=1S/C23H23ClN2O4S/c1-29-19-6-9-21(10-7-19)31(28)16-20-8-11-22(30-20)23(27)26-14-12-25(13-15-26)18-4-2-17(24)3-5-18/h2-11H,12-16H2,1H3/t31-/m1/s1. The van der Waals surface area contributed by atoms with Crippen LogP contribution in [-0.4, -0.2) is 48.3 Å². The third-order valence-electron chi connectivity index (χ3n) is 5.23. The molecule has 1 atom stereocenters. The Morgan fingerprint density at radius 2 is 1.68 bits per heavy atom. The zero-order chi connectivity index (χ0) is 21.8. The third kappa shape index (κ3) is 5.11. The number of amides is 1. The van der Waals surface area contributed by atoms with Crippen LogP contribution in [0.15, 0.2) is 70.0 Å². The summed E-state index contributed by atoms with van der Waals surface area (Å²) < 4.78 is 23.4. The van der Waals surface area contributed by atoms with Gasteiger partial charge in [0.15, 0.2) is 5.76 Å². The van der Waals surface area contributed by atoms with Crippen LogP contribution in [0.5, 0.6) is 5.75 Å². The molecule has 2 aromatic carbocycles. The molecule has 4 rings (SSSR count). The first kappa shape index (κ1) is 21.5. The van der Waals surface area contributed by atoms with Crippen LogP contribution in [0, 0.1) is 0 Å². The number of methoxy groups -OCH3 is 1. The second-order valence-corrected chi connectivity index (χ2v) is 9.07. The lowest BCUT2D eigenvalue weighted by atomic mass is 10.2. The van der Waals surface area contributed by atoms with Crippen LogP contribution in [0.1, 0.15) is 16.3 Å². The van der Waals surface area contributed by atoms with E-state index in [1.165, 1.54) is 0 Å². The van der Waals surface area contributed by atoms with E-state index in [1.807, 2.05) is 24.3 Å². The number of ether oxygens (including phenoxy) is 1. The first-order chi connectivity index (χ1) is 15.0. The Morgan fingerprint density at radius 1 is 1.00 bits per heavy atom. The molecular formula is C23H23ClN2O4S. The Morgan fingerprint density at radius 3 is 2.32 bits per heavy atom. The highest BCUT2D eigenvalue weighted by Gasteiger charge is 2.24. The van der Waals surface area contributed by atoms with Crippen LogP contribution in [0.2, 0.25) is 5.02 Å². The van der Waals surface area contributed by atoms with Crippen LogP contribution in [-0.2, 0) is 16.6 Å². The number of hydrogen-bond donors (Lipinski definition) is 0. The van der Waals surface area contributed by atoms with Gasteiger partial charge in [-0.3, -0.25) is 9.00 Å². The van der Waals surface area contributed by atoms with Crippen molar-refractivity contribution < 1.29 is 18.2 Å². The molecule has 1 fully saturated rings. The zero-order valence-corrected chi connectivity index (χ0v) is 18.7. The second kappa shape index (κ2) is 9.58. The summed E-state index contributed by atoms with van der Waals surface area (Å²) in [6, 6.07) is 18.2. The summed E-state index contributed by atoms with van der Waals surface area (Å²) >= 11 is 5.96. The van der Waals surface area contributed by atoms with Crippen molar-refractivity contribution in [1.82, 2.24) is 4.90 Å². The number of rotatable bonds is 6. The maximum atomic E-state index is 12.8. The van der Waals surface area contributed by atoms with Gasteiger partial charge >= 0.3 is 0 Å². The monoisotopic (exact) mass is 458 g/mol. The van der Waals surface area contributed by atoms with E-state index in [0.29, 0.717) is 34.5 Å². The number of nitrogens with zero attached hydrogens (tertiary/aromatic N) is 2. The number of hydrogen-bond acceptors (Lipinski definition) is 5. The van der Waals surface area contributed by atoms with Gasteiger partial charge in [0.2, 0.25) is 0 Å². The average Bonchev–Trinajstić information content (AvgIpc) is 3.27. The summed E-state index contributed by atoms with van der Waals surface area (Å²) in [6.07, 6.45) is 0. The predicted molar refractivity (Wildman–Crippen MR) is 121 cm³/mol. The number of piperazine rings is 1. The van der Waals surface area contributed by atoms with Crippen molar-refractivity contribution in [3.8, 4) is 5.75 Å². The van der Waals surface area contributed by atoms with E-state index in [2.05, 4.69) is 4.90 Å². The van der Waals surface area contributed by atoms with Gasteiger partial charge in [0, 0.05) is 41.8 Å². The third-order valence-corrected chi connectivity index (χ3v) is 6.82. The summed E-state index contributed by atoms with van der Waals surface area (Å²) in [5, 5.41) is 0.708. The highest BCUT2D eigenvalue weighted by Crippen LogP contribution is 2.22. The Bertz CT molecular complexity index is 1060. The molecule has 31 heavy (non-hydrogen) atoms. The molecule has 0 bridgehead atoms. The molecule has 8 heteroatoms. The van der Waals surface area contributed by atoms with Crippen molar-refractivity contribution >= 4 is 34.0 Å². The summed E-state index contributed by atoms with van der Waals surface area (Å²) in [7, 11) is 0.321. The van der Waals surface area contributed by atoms with Crippen LogP contribution < -0.4 is 9.64 Å². The molecule has 0 aliphatic carbocycles. The number of benzene rings is 2. The molecule has 0 N–H and O–H groups in total. The molecule has 0 unspecified atom stereocenters. The van der Waals surface area contributed by atoms with E-state index in [9.17, 15) is 9.00 Å². The molecule has 3 aromatic rings. The molecule has 0 radical (unpaired) electrons. The Kier molecular flexibility index (Phi) is 6.63. The quantitative estimate of drug-likeness (QED) is 0.553. The van der Waals surface area contributed by atoms with E-state index in [1.54, 1.807) is 48.4 Å². The zero-order valence-electron chi connectivity index (χ0n) is 17.1. The summed E-state index contributed by atoms with van der Waals surface area (Å²) in [4.78, 5) is 17.5. The topological polar surface area (TPSA) is 63.0 Å². The van der Waals surface area contributed by atoms with Crippen molar-refractivity contribution in [3.63, 3.8) is 0 Å². The number of anilines is 1. The second-order valence-electron chi connectivity index (χ2n) is 7.19. The van der Waals surface area contributed by atoms with Gasteiger partial charge in [-0.25, -0.2) is 0 Å². The number of carbonyl (C=O) groups is 1. The minimum absolute atomic E-state index is 0.141. The molecule has 162 valence electrons. The van der Waals surface area contributed by atoms with Crippen molar-refractivity contribution in [3.05, 3.63) is 77.2 Å². The number of carbonyl (C=O) groups excluding carboxylic acids is 1. The van der Waals surface area contributed by atoms with Gasteiger partial charge in [-0.2, -0.15) is 0 Å². The SMILES string of the molecule is COc1ccc([S@](=O)Cc2ccc(C(=O)N3CCN(c4ccc(Cl)cc4)CC3)o2)cc1. The minimum atomic E-state index is -1.27. The maximum absolute atomic E-state index is 12.8.